The van der Waals surface area contributed by atoms with E-state index >= 15 is 0 Å². The van der Waals surface area contributed by atoms with Crippen LogP contribution < -0.4 is 0 Å². The van der Waals surface area contributed by atoms with Crippen LogP contribution >= 0.6 is 0 Å². The summed E-state index contributed by atoms with van der Waals surface area (Å²) in [6.07, 6.45) is 11.5. The Kier molecular flexibility index (Phi) is 3.68. The van der Waals surface area contributed by atoms with E-state index in [4.69, 9.17) is 4.74 Å². The van der Waals surface area contributed by atoms with Gasteiger partial charge in [-0.25, -0.2) is 0 Å². The summed E-state index contributed by atoms with van der Waals surface area (Å²) in [6.45, 7) is 5.67. The normalized spacial score (nSPS) is 49.1. The van der Waals surface area contributed by atoms with Gasteiger partial charge < -0.3 is 9.84 Å². The minimum Gasteiger partial charge on any atom is -0.393 e. The van der Waals surface area contributed by atoms with Crippen LogP contribution in [0.25, 0.3) is 0 Å². The third-order valence-electron chi connectivity index (χ3n) is 6.43. The third-order valence-corrected chi connectivity index (χ3v) is 6.43. The molecule has 1 heterocycles. The Morgan fingerprint density at radius 2 is 1.95 bits per heavy atom. The minimum atomic E-state index is -0.0116. The zero-order valence-electron chi connectivity index (χ0n) is 12.7. The molecule has 0 aromatic rings. The fourth-order valence-corrected chi connectivity index (χ4v) is 4.89. The summed E-state index contributed by atoms with van der Waals surface area (Å²) in [5, 5.41) is 10.2. The molecule has 0 aromatic carbocycles. The molecule has 5 atom stereocenters. The zero-order chi connectivity index (χ0) is 13.5. The van der Waals surface area contributed by atoms with Crippen molar-refractivity contribution >= 4 is 0 Å². The maximum atomic E-state index is 10.2. The van der Waals surface area contributed by atoms with Gasteiger partial charge in [0.1, 0.15) is 0 Å². The van der Waals surface area contributed by atoms with Crippen LogP contribution in [0.4, 0.5) is 0 Å². The van der Waals surface area contributed by atoms with E-state index in [2.05, 4.69) is 13.8 Å². The number of unbranched alkanes of at least 4 members (excludes halogenated alkanes) is 1. The van der Waals surface area contributed by atoms with Crippen molar-refractivity contribution in [1.82, 2.24) is 0 Å². The first-order valence-electron chi connectivity index (χ1n) is 8.36. The van der Waals surface area contributed by atoms with Crippen molar-refractivity contribution in [2.75, 3.05) is 6.61 Å². The van der Waals surface area contributed by atoms with Gasteiger partial charge in [-0.3, -0.25) is 0 Å². The van der Waals surface area contributed by atoms with Gasteiger partial charge in [0.25, 0.3) is 0 Å². The maximum Gasteiger partial charge on any atom is 0.0888 e. The first-order valence-corrected chi connectivity index (χ1v) is 8.36. The first kappa shape index (κ1) is 13.9. The molecule has 3 rings (SSSR count). The Labute approximate surface area is 117 Å². The Morgan fingerprint density at radius 1 is 1.16 bits per heavy atom. The molecule has 2 nitrogen and oxygen atoms in total. The molecule has 0 radical (unpaired) electrons. The molecule has 19 heavy (non-hydrogen) atoms. The predicted molar refractivity (Wildman–Crippen MR) is 77.0 cm³/mol. The summed E-state index contributed by atoms with van der Waals surface area (Å²) in [5.41, 5.74) is 0.681. The average Bonchev–Trinajstić information content (AvgIpc) is 2.99. The highest BCUT2D eigenvalue weighted by Gasteiger charge is 2.50. The van der Waals surface area contributed by atoms with Crippen LogP contribution in [0, 0.1) is 17.3 Å². The second-order valence-electron chi connectivity index (χ2n) is 7.83. The van der Waals surface area contributed by atoms with Crippen molar-refractivity contribution in [3.63, 3.8) is 0 Å². The minimum absolute atomic E-state index is 0.0116. The van der Waals surface area contributed by atoms with E-state index in [0.29, 0.717) is 11.3 Å². The monoisotopic (exact) mass is 266 g/mol. The smallest absolute Gasteiger partial charge is 0.0888 e. The molecule has 0 bridgehead atoms. The van der Waals surface area contributed by atoms with Crippen LogP contribution in [0.1, 0.15) is 71.6 Å². The highest BCUT2D eigenvalue weighted by molar-refractivity contribution is 5.00. The van der Waals surface area contributed by atoms with Gasteiger partial charge in [0, 0.05) is 0 Å². The van der Waals surface area contributed by atoms with Crippen molar-refractivity contribution in [1.29, 1.82) is 0 Å². The van der Waals surface area contributed by atoms with Crippen LogP contribution in [0.3, 0.4) is 0 Å². The molecule has 1 saturated heterocycles. The van der Waals surface area contributed by atoms with Crippen LogP contribution in [-0.4, -0.2) is 23.4 Å². The summed E-state index contributed by atoms with van der Waals surface area (Å²) in [4.78, 5) is 0. The van der Waals surface area contributed by atoms with Gasteiger partial charge >= 0.3 is 0 Å². The fourth-order valence-electron chi connectivity index (χ4n) is 4.89. The standard InChI is InChI=1S/C17H30O2/c1-16(12-19-16)10-4-3-6-13-8-9-14-15(18)7-5-11-17(13,14)2/h13-15,18H,3-12H2,1-2H3. The van der Waals surface area contributed by atoms with E-state index in [1.54, 1.807) is 0 Å². The average molecular weight is 266 g/mol. The molecule has 1 N–H and O–H groups in total. The van der Waals surface area contributed by atoms with Crippen LogP contribution in [0.2, 0.25) is 0 Å². The molecule has 110 valence electrons. The molecule has 1 aliphatic heterocycles. The SMILES string of the molecule is CC1(CCCCC2CCC3C(O)CCCC23C)CO1. The Morgan fingerprint density at radius 3 is 2.68 bits per heavy atom. The molecule has 3 aliphatic rings. The number of aliphatic hydroxyl groups excluding tert-OH is 1. The lowest BCUT2D eigenvalue weighted by Gasteiger charge is -2.43. The lowest BCUT2D eigenvalue weighted by molar-refractivity contribution is -0.0187. The molecule has 0 spiro atoms. The molecule has 0 amide bonds. The van der Waals surface area contributed by atoms with Gasteiger partial charge in [-0.05, 0) is 62.7 Å². The Balaban J connectivity index is 1.48. The Bertz CT molecular complexity index is 323. The molecule has 0 aromatic heterocycles. The fraction of sp³-hybridized carbons (Fsp3) is 1.00. The summed E-state index contributed by atoms with van der Waals surface area (Å²) < 4.78 is 5.45. The second-order valence-corrected chi connectivity index (χ2v) is 7.83. The van der Waals surface area contributed by atoms with E-state index in [-0.39, 0.29) is 11.7 Å². The zero-order valence-corrected chi connectivity index (χ0v) is 12.7. The van der Waals surface area contributed by atoms with E-state index in [1.165, 1.54) is 51.4 Å². The van der Waals surface area contributed by atoms with Crippen LogP contribution in [-0.2, 0) is 4.74 Å². The molecule has 3 fully saturated rings. The van der Waals surface area contributed by atoms with Crippen molar-refractivity contribution < 1.29 is 9.84 Å². The largest absolute Gasteiger partial charge is 0.393 e. The number of hydrogen-bond donors (Lipinski definition) is 1. The molecule has 5 unspecified atom stereocenters. The number of hydrogen-bond acceptors (Lipinski definition) is 2. The molecule has 2 saturated carbocycles. The Hall–Kier alpha value is -0.0800. The van der Waals surface area contributed by atoms with E-state index in [1.807, 2.05) is 0 Å². The van der Waals surface area contributed by atoms with Crippen molar-refractivity contribution in [3.05, 3.63) is 0 Å². The molecule has 2 aliphatic carbocycles. The molecule has 2 heteroatoms. The number of fused-ring (bicyclic) bond motifs is 1. The number of rotatable bonds is 5. The van der Waals surface area contributed by atoms with Crippen LogP contribution in [0.5, 0.6) is 0 Å². The van der Waals surface area contributed by atoms with Gasteiger partial charge in [-0.2, -0.15) is 0 Å². The van der Waals surface area contributed by atoms with E-state index in [0.717, 1.165) is 18.9 Å². The van der Waals surface area contributed by atoms with Gasteiger partial charge in [-0.15, -0.1) is 0 Å². The number of ether oxygens (including phenoxy) is 1. The van der Waals surface area contributed by atoms with Gasteiger partial charge in [-0.1, -0.05) is 26.2 Å². The third kappa shape index (κ3) is 2.71. The maximum absolute atomic E-state index is 10.2. The molecular formula is C17H30O2. The van der Waals surface area contributed by atoms with E-state index in [9.17, 15) is 5.11 Å². The topological polar surface area (TPSA) is 32.8 Å². The quantitative estimate of drug-likeness (QED) is 0.604. The first-order chi connectivity index (χ1) is 9.04. The lowest BCUT2D eigenvalue weighted by Crippen LogP contribution is -2.39. The highest BCUT2D eigenvalue weighted by Crippen LogP contribution is 2.56. The van der Waals surface area contributed by atoms with Crippen LogP contribution in [0.15, 0.2) is 0 Å². The van der Waals surface area contributed by atoms with Gasteiger partial charge in [0.15, 0.2) is 0 Å². The summed E-state index contributed by atoms with van der Waals surface area (Å²) in [7, 11) is 0. The van der Waals surface area contributed by atoms with Crippen molar-refractivity contribution in [2.24, 2.45) is 17.3 Å². The summed E-state index contributed by atoms with van der Waals surface area (Å²) in [6, 6.07) is 0. The lowest BCUT2D eigenvalue weighted by atomic mass is 9.63. The summed E-state index contributed by atoms with van der Waals surface area (Å²) in [5.74, 6) is 1.45. The second kappa shape index (κ2) is 5.04. The predicted octanol–water partition coefficient (Wildman–Crippen LogP) is 3.91. The highest BCUT2D eigenvalue weighted by atomic mass is 16.6. The summed E-state index contributed by atoms with van der Waals surface area (Å²) >= 11 is 0. The van der Waals surface area contributed by atoms with Crippen molar-refractivity contribution in [2.45, 2.75) is 83.3 Å². The van der Waals surface area contributed by atoms with Gasteiger partial charge in [0.2, 0.25) is 0 Å². The number of epoxide rings is 1. The molecular weight excluding hydrogens is 236 g/mol. The number of aliphatic hydroxyl groups is 1. The van der Waals surface area contributed by atoms with Crippen molar-refractivity contribution in [3.8, 4) is 0 Å². The van der Waals surface area contributed by atoms with E-state index < -0.39 is 0 Å². The van der Waals surface area contributed by atoms with Gasteiger partial charge in [0.05, 0.1) is 18.3 Å².